The molecule has 6 heteroatoms. The van der Waals surface area contributed by atoms with E-state index in [1.807, 2.05) is 49.4 Å². The Labute approximate surface area is 166 Å². The lowest BCUT2D eigenvalue weighted by molar-refractivity contribution is 0.0693. The normalized spacial score (nSPS) is 17.3. The molecule has 0 fully saturated rings. The molecule has 2 N–H and O–H groups in total. The Morgan fingerprint density at radius 3 is 2.78 bits per heavy atom. The van der Waals surface area contributed by atoms with E-state index in [0.717, 1.165) is 34.9 Å². The lowest BCUT2D eigenvalue weighted by atomic mass is 9.89. The van der Waals surface area contributed by atoms with Gasteiger partial charge in [0.2, 0.25) is 0 Å². The highest BCUT2D eigenvalue weighted by molar-refractivity contribution is 7.80. The van der Waals surface area contributed by atoms with E-state index in [1.54, 1.807) is 7.11 Å². The van der Waals surface area contributed by atoms with E-state index >= 15 is 0 Å². The average molecular weight is 387 g/mol. The third-order valence-electron chi connectivity index (χ3n) is 4.42. The molecule has 1 aliphatic heterocycles. The largest absolute Gasteiger partial charge is 0.497 e. The molecule has 0 amide bonds. The highest BCUT2D eigenvalue weighted by Gasteiger charge is 2.34. The number of thiocarbonyl (C=S) groups is 1. The Morgan fingerprint density at radius 1 is 1.26 bits per heavy atom. The van der Waals surface area contributed by atoms with Gasteiger partial charge in [-0.25, -0.2) is 0 Å². The summed E-state index contributed by atoms with van der Waals surface area (Å²) >= 11 is 5.57. The Morgan fingerprint density at radius 2 is 2.04 bits per heavy atom. The zero-order valence-corrected chi connectivity index (χ0v) is 17.0. The number of fused-ring (bicyclic) bond motifs is 1. The molecule has 0 bridgehead atoms. The Bertz CT molecular complexity index is 823. The van der Waals surface area contributed by atoms with Crippen molar-refractivity contribution in [1.29, 1.82) is 0 Å². The SMILES string of the molecule is CCOc1ccccc1NC(=S)N[C@@H]1CC(C)(C)Oc2cc(OC)ccc21. The van der Waals surface area contributed by atoms with Crippen molar-refractivity contribution in [3.05, 3.63) is 48.0 Å². The van der Waals surface area contributed by atoms with Crippen LogP contribution >= 0.6 is 12.2 Å². The monoisotopic (exact) mass is 386 g/mol. The second-order valence-electron chi connectivity index (χ2n) is 7.05. The number of methoxy groups -OCH3 is 1. The molecule has 1 heterocycles. The van der Waals surface area contributed by atoms with E-state index in [2.05, 4.69) is 24.5 Å². The first-order chi connectivity index (χ1) is 12.9. The second-order valence-corrected chi connectivity index (χ2v) is 7.46. The van der Waals surface area contributed by atoms with Gasteiger partial charge in [-0.1, -0.05) is 12.1 Å². The molecule has 1 aliphatic rings. The summed E-state index contributed by atoms with van der Waals surface area (Å²) in [5.41, 5.74) is 1.60. The van der Waals surface area contributed by atoms with Crippen LogP contribution < -0.4 is 24.8 Å². The molecule has 27 heavy (non-hydrogen) atoms. The van der Waals surface area contributed by atoms with Crippen LogP contribution in [0.1, 0.15) is 38.8 Å². The van der Waals surface area contributed by atoms with Crippen LogP contribution in [0.4, 0.5) is 5.69 Å². The van der Waals surface area contributed by atoms with Crippen LogP contribution in [-0.2, 0) is 0 Å². The van der Waals surface area contributed by atoms with Gasteiger partial charge in [0.15, 0.2) is 5.11 Å². The van der Waals surface area contributed by atoms with Crippen LogP contribution in [0.2, 0.25) is 0 Å². The summed E-state index contributed by atoms with van der Waals surface area (Å²) in [4.78, 5) is 0. The maximum absolute atomic E-state index is 6.14. The van der Waals surface area contributed by atoms with Crippen molar-refractivity contribution in [2.45, 2.75) is 38.8 Å². The topological polar surface area (TPSA) is 51.8 Å². The van der Waals surface area contributed by atoms with E-state index in [-0.39, 0.29) is 11.6 Å². The first-order valence-electron chi connectivity index (χ1n) is 9.08. The molecular weight excluding hydrogens is 360 g/mol. The molecule has 0 aliphatic carbocycles. The van der Waals surface area contributed by atoms with Crippen LogP contribution in [-0.4, -0.2) is 24.4 Å². The van der Waals surface area contributed by atoms with Gasteiger partial charge in [0.25, 0.3) is 0 Å². The zero-order valence-electron chi connectivity index (χ0n) is 16.2. The van der Waals surface area contributed by atoms with Gasteiger partial charge in [0.05, 0.1) is 25.4 Å². The Hall–Kier alpha value is -2.47. The Balaban J connectivity index is 1.78. The van der Waals surface area contributed by atoms with Gasteiger partial charge >= 0.3 is 0 Å². The van der Waals surface area contributed by atoms with Crippen LogP contribution in [0.25, 0.3) is 0 Å². The van der Waals surface area contributed by atoms with Crippen molar-refractivity contribution in [3.8, 4) is 17.2 Å². The van der Waals surface area contributed by atoms with E-state index < -0.39 is 0 Å². The zero-order chi connectivity index (χ0) is 19.4. The molecule has 3 rings (SSSR count). The first-order valence-corrected chi connectivity index (χ1v) is 9.49. The number of hydrogen-bond donors (Lipinski definition) is 2. The Kier molecular flexibility index (Phi) is 5.75. The van der Waals surface area contributed by atoms with Gasteiger partial charge < -0.3 is 24.8 Å². The minimum atomic E-state index is -0.310. The molecular formula is C21H26N2O3S. The van der Waals surface area contributed by atoms with Crippen LogP contribution in [0.5, 0.6) is 17.2 Å². The molecule has 1 atom stereocenters. The highest BCUT2D eigenvalue weighted by Crippen LogP contribution is 2.41. The molecule has 0 saturated heterocycles. The number of rotatable bonds is 5. The van der Waals surface area contributed by atoms with Crippen molar-refractivity contribution < 1.29 is 14.2 Å². The van der Waals surface area contributed by atoms with Crippen molar-refractivity contribution in [2.75, 3.05) is 19.0 Å². The summed E-state index contributed by atoms with van der Waals surface area (Å²) in [6, 6.07) is 13.7. The van der Waals surface area contributed by atoms with Crippen LogP contribution in [0.3, 0.4) is 0 Å². The van der Waals surface area contributed by atoms with Gasteiger partial charge in [-0.2, -0.15) is 0 Å². The predicted molar refractivity (Wildman–Crippen MR) is 112 cm³/mol. The average Bonchev–Trinajstić information content (AvgIpc) is 2.62. The van der Waals surface area contributed by atoms with Crippen molar-refractivity contribution >= 4 is 23.0 Å². The standard InChI is InChI=1S/C21H26N2O3S/c1-5-25-18-9-7-6-8-16(18)22-20(27)23-17-13-21(2,3)26-19-12-14(24-4)10-11-15(17)19/h6-12,17H,5,13H2,1-4H3,(H2,22,23,27)/t17-/m1/s1. The van der Waals surface area contributed by atoms with Gasteiger partial charge in [-0.05, 0) is 57.3 Å². The number of ether oxygens (including phenoxy) is 3. The van der Waals surface area contributed by atoms with Gasteiger partial charge in [0.1, 0.15) is 22.8 Å². The molecule has 0 saturated carbocycles. The summed E-state index contributed by atoms with van der Waals surface area (Å²) in [6.45, 7) is 6.71. The summed E-state index contributed by atoms with van der Waals surface area (Å²) < 4.78 is 17.1. The van der Waals surface area contributed by atoms with Crippen molar-refractivity contribution in [1.82, 2.24) is 5.32 Å². The third-order valence-corrected chi connectivity index (χ3v) is 4.64. The minimum absolute atomic E-state index is 0.0360. The highest BCUT2D eigenvalue weighted by atomic mass is 32.1. The van der Waals surface area contributed by atoms with Gasteiger partial charge in [-0.3, -0.25) is 0 Å². The fourth-order valence-corrected chi connectivity index (χ4v) is 3.51. The van der Waals surface area contributed by atoms with E-state index in [9.17, 15) is 0 Å². The van der Waals surface area contributed by atoms with Gasteiger partial charge in [0, 0.05) is 18.1 Å². The van der Waals surface area contributed by atoms with Crippen molar-refractivity contribution in [2.24, 2.45) is 0 Å². The van der Waals surface area contributed by atoms with E-state index in [4.69, 9.17) is 26.4 Å². The van der Waals surface area contributed by atoms with Gasteiger partial charge in [-0.15, -0.1) is 0 Å². The summed E-state index contributed by atoms with van der Waals surface area (Å²) in [5, 5.41) is 7.23. The first kappa shape index (κ1) is 19.3. The number of hydrogen-bond acceptors (Lipinski definition) is 4. The fraction of sp³-hybridized carbons (Fsp3) is 0.381. The van der Waals surface area contributed by atoms with E-state index in [1.165, 1.54) is 0 Å². The number of anilines is 1. The lowest BCUT2D eigenvalue weighted by Crippen LogP contribution is -2.42. The molecule has 0 unspecified atom stereocenters. The molecule has 144 valence electrons. The maximum atomic E-state index is 6.14. The number of nitrogens with one attached hydrogen (secondary N) is 2. The summed E-state index contributed by atoms with van der Waals surface area (Å²) in [5.74, 6) is 2.37. The number of para-hydroxylation sites is 2. The summed E-state index contributed by atoms with van der Waals surface area (Å²) in [7, 11) is 1.65. The molecule has 2 aromatic rings. The van der Waals surface area contributed by atoms with Crippen LogP contribution in [0, 0.1) is 0 Å². The van der Waals surface area contributed by atoms with Crippen LogP contribution in [0.15, 0.2) is 42.5 Å². The second kappa shape index (κ2) is 8.05. The fourth-order valence-electron chi connectivity index (χ4n) is 3.26. The molecule has 5 nitrogen and oxygen atoms in total. The van der Waals surface area contributed by atoms with Crippen molar-refractivity contribution in [3.63, 3.8) is 0 Å². The molecule has 0 radical (unpaired) electrons. The third kappa shape index (κ3) is 4.63. The molecule has 0 aromatic heterocycles. The minimum Gasteiger partial charge on any atom is -0.497 e. The summed E-state index contributed by atoms with van der Waals surface area (Å²) in [6.07, 6.45) is 0.793. The quantitative estimate of drug-likeness (QED) is 0.728. The predicted octanol–water partition coefficient (Wildman–Crippen LogP) is 4.68. The lowest BCUT2D eigenvalue weighted by Gasteiger charge is -2.38. The molecule has 0 spiro atoms. The smallest absolute Gasteiger partial charge is 0.171 e. The molecule has 2 aromatic carbocycles. The maximum Gasteiger partial charge on any atom is 0.171 e. The number of benzene rings is 2. The van der Waals surface area contributed by atoms with E-state index in [0.29, 0.717) is 11.7 Å².